The third-order valence-electron chi connectivity index (χ3n) is 4.51. The summed E-state index contributed by atoms with van der Waals surface area (Å²) in [6, 6.07) is 12.3. The molecule has 1 heterocycles. The second kappa shape index (κ2) is 6.81. The fourth-order valence-corrected chi connectivity index (χ4v) is 2.56. The summed E-state index contributed by atoms with van der Waals surface area (Å²) in [5.41, 5.74) is 13.6. The molecule has 5 heteroatoms. The molecule has 5 nitrogen and oxygen atoms in total. The van der Waals surface area contributed by atoms with Gasteiger partial charge < -0.3 is 16.4 Å². The van der Waals surface area contributed by atoms with Gasteiger partial charge in [-0.25, -0.2) is 9.97 Å². The summed E-state index contributed by atoms with van der Waals surface area (Å²) in [6.07, 6.45) is 1.51. The van der Waals surface area contributed by atoms with Gasteiger partial charge in [0.1, 0.15) is 12.0 Å². The van der Waals surface area contributed by atoms with Crippen LogP contribution in [-0.4, -0.2) is 9.97 Å². The minimum Gasteiger partial charge on any atom is -0.393 e. The molecule has 0 aliphatic carbocycles. The molecule has 25 heavy (non-hydrogen) atoms. The van der Waals surface area contributed by atoms with Gasteiger partial charge in [0.05, 0.1) is 0 Å². The van der Waals surface area contributed by atoms with Gasteiger partial charge in [0.2, 0.25) is 0 Å². The molecule has 0 aliphatic rings. The largest absolute Gasteiger partial charge is 0.393 e. The van der Waals surface area contributed by atoms with E-state index >= 15 is 0 Å². The molecular formula is C20H23N5. The molecular weight excluding hydrogens is 310 g/mol. The number of nitrogens with one attached hydrogen (secondary N) is 2. The van der Waals surface area contributed by atoms with Gasteiger partial charge in [0.25, 0.3) is 0 Å². The van der Waals surface area contributed by atoms with E-state index in [9.17, 15) is 0 Å². The Hall–Kier alpha value is -3.08. The molecule has 0 fully saturated rings. The smallest absolute Gasteiger partial charge is 0.159 e. The van der Waals surface area contributed by atoms with Crippen molar-refractivity contribution in [2.24, 2.45) is 0 Å². The van der Waals surface area contributed by atoms with Crippen molar-refractivity contribution in [1.29, 1.82) is 0 Å². The van der Waals surface area contributed by atoms with Crippen LogP contribution in [0.2, 0.25) is 0 Å². The fourth-order valence-electron chi connectivity index (χ4n) is 2.56. The van der Waals surface area contributed by atoms with Crippen LogP contribution in [-0.2, 0) is 0 Å². The zero-order valence-corrected chi connectivity index (χ0v) is 15.0. The number of hydrogen-bond donors (Lipinski definition) is 3. The number of benzene rings is 2. The molecule has 0 unspecified atom stereocenters. The van der Waals surface area contributed by atoms with Crippen LogP contribution < -0.4 is 16.4 Å². The molecule has 0 radical (unpaired) electrons. The van der Waals surface area contributed by atoms with E-state index in [-0.39, 0.29) is 0 Å². The Morgan fingerprint density at radius 1 is 0.800 bits per heavy atom. The summed E-state index contributed by atoms with van der Waals surface area (Å²) < 4.78 is 0. The number of nitrogens with two attached hydrogens (primary N) is 1. The minimum atomic E-state index is 0.488. The van der Waals surface area contributed by atoms with Gasteiger partial charge in [-0.2, -0.15) is 0 Å². The van der Waals surface area contributed by atoms with Crippen molar-refractivity contribution in [3.63, 3.8) is 0 Å². The molecule has 0 aliphatic heterocycles. The molecule has 0 saturated heterocycles. The van der Waals surface area contributed by atoms with E-state index in [2.05, 4.69) is 66.5 Å². The lowest BCUT2D eigenvalue weighted by molar-refractivity contribution is 1.17. The van der Waals surface area contributed by atoms with Gasteiger partial charge in [-0.1, -0.05) is 18.2 Å². The maximum Gasteiger partial charge on any atom is 0.159 e. The molecule has 4 N–H and O–H groups in total. The molecule has 128 valence electrons. The predicted molar refractivity (Wildman–Crippen MR) is 105 cm³/mol. The highest BCUT2D eigenvalue weighted by atomic mass is 15.1. The summed E-state index contributed by atoms with van der Waals surface area (Å²) in [7, 11) is 0. The van der Waals surface area contributed by atoms with Gasteiger partial charge in [0, 0.05) is 11.4 Å². The van der Waals surface area contributed by atoms with Crippen LogP contribution in [0, 0.1) is 27.7 Å². The van der Waals surface area contributed by atoms with Crippen LogP contribution in [0.5, 0.6) is 0 Å². The van der Waals surface area contributed by atoms with E-state index in [1.807, 2.05) is 18.2 Å². The second-order valence-corrected chi connectivity index (χ2v) is 6.28. The SMILES string of the molecule is Cc1ccc(Nc2ncnc(Nc3cccc(C)c3C)c2N)cc1C. The van der Waals surface area contributed by atoms with Crippen LogP contribution in [0.4, 0.5) is 28.7 Å². The average Bonchev–Trinajstić information content (AvgIpc) is 2.59. The van der Waals surface area contributed by atoms with Crippen LogP contribution in [0.25, 0.3) is 0 Å². The van der Waals surface area contributed by atoms with Crippen LogP contribution in [0.15, 0.2) is 42.7 Å². The fraction of sp³-hybridized carbons (Fsp3) is 0.200. The third-order valence-corrected chi connectivity index (χ3v) is 4.51. The highest BCUT2D eigenvalue weighted by Crippen LogP contribution is 2.30. The number of aromatic nitrogens is 2. The lowest BCUT2D eigenvalue weighted by Gasteiger charge is -2.15. The van der Waals surface area contributed by atoms with Crippen LogP contribution >= 0.6 is 0 Å². The first-order valence-corrected chi connectivity index (χ1v) is 8.23. The summed E-state index contributed by atoms with van der Waals surface area (Å²) in [4.78, 5) is 8.57. The summed E-state index contributed by atoms with van der Waals surface area (Å²) in [6.45, 7) is 8.32. The first-order valence-electron chi connectivity index (χ1n) is 8.23. The monoisotopic (exact) mass is 333 g/mol. The molecule has 0 spiro atoms. The summed E-state index contributed by atoms with van der Waals surface area (Å²) >= 11 is 0. The lowest BCUT2D eigenvalue weighted by Crippen LogP contribution is -2.06. The number of rotatable bonds is 4. The molecule has 0 amide bonds. The Bertz CT molecular complexity index is 918. The maximum atomic E-state index is 6.29. The Morgan fingerprint density at radius 3 is 2.24 bits per heavy atom. The van der Waals surface area contributed by atoms with Crippen molar-refractivity contribution >= 4 is 28.7 Å². The van der Waals surface area contributed by atoms with Gasteiger partial charge >= 0.3 is 0 Å². The molecule has 0 atom stereocenters. The quantitative estimate of drug-likeness (QED) is 0.640. The van der Waals surface area contributed by atoms with E-state index < -0.39 is 0 Å². The Labute approximate surface area is 148 Å². The highest BCUT2D eigenvalue weighted by Gasteiger charge is 2.10. The molecule has 0 saturated carbocycles. The maximum absolute atomic E-state index is 6.29. The van der Waals surface area contributed by atoms with Crippen LogP contribution in [0.3, 0.4) is 0 Å². The van der Waals surface area contributed by atoms with Crippen molar-refractivity contribution in [1.82, 2.24) is 9.97 Å². The Morgan fingerprint density at radius 2 is 1.52 bits per heavy atom. The number of nitrogens with zero attached hydrogens (tertiary/aromatic N) is 2. The molecule has 0 bridgehead atoms. The van der Waals surface area contributed by atoms with Crippen molar-refractivity contribution in [2.75, 3.05) is 16.4 Å². The summed E-state index contributed by atoms with van der Waals surface area (Å²) in [5, 5.41) is 6.59. The van der Waals surface area contributed by atoms with E-state index in [4.69, 9.17) is 5.73 Å². The highest BCUT2D eigenvalue weighted by molar-refractivity contribution is 5.81. The Kier molecular flexibility index (Phi) is 4.57. The van der Waals surface area contributed by atoms with E-state index in [0.717, 1.165) is 11.4 Å². The first kappa shape index (κ1) is 16.8. The standard InChI is InChI=1S/C20H23N5/c1-12-8-9-16(10-14(12)3)24-19-18(21)20(23-11-22-19)25-17-7-5-6-13(2)15(17)4/h5-11H,21H2,1-4H3,(H2,22,23,24,25). The normalized spacial score (nSPS) is 10.6. The van der Waals surface area contributed by atoms with Gasteiger partial charge in [-0.3, -0.25) is 0 Å². The van der Waals surface area contributed by atoms with Crippen molar-refractivity contribution in [3.8, 4) is 0 Å². The molecule has 3 aromatic rings. The molecule has 2 aromatic carbocycles. The van der Waals surface area contributed by atoms with E-state index in [0.29, 0.717) is 17.3 Å². The number of anilines is 5. The number of hydrogen-bond acceptors (Lipinski definition) is 5. The summed E-state index contributed by atoms with van der Waals surface area (Å²) in [5.74, 6) is 1.18. The molecule has 1 aromatic heterocycles. The first-order chi connectivity index (χ1) is 12.0. The average molecular weight is 333 g/mol. The zero-order valence-electron chi connectivity index (χ0n) is 15.0. The number of aryl methyl sites for hydroxylation is 3. The molecule has 3 rings (SSSR count). The van der Waals surface area contributed by atoms with E-state index in [1.54, 1.807) is 0 Å². The van der Waals surface area contributed by atoms with E-state index in [1.165, 1.54) is 28.6 Å². The van der Waals surface area contributed by atoms with Gasteiger partial charge in [0.15, 0.2) is 11.6 Å². The predicted octanol–water partition coefficient (Wildman–Crippen LogP) is 4.78. The minimum absolute atomic E-state index is 0.488. The van der Waals surface area contributed by atoms with Crippen LogP contribution in [0.1, 0.15) is 22.3 Å². The van der Waals surface area contributed by atoms with Crippen molar-refractivity contribution in [2.45, 2.75) is 27.7 Å². The van der Waals surface area contributed by atoms with Gasteiger partial charge in [-0.05, 0) is 68.1 Å². The zero-order chi connectivity index (χ0) is 18.0. The van der Waals surface area contributed by atoms with Crippen molar-refractivity contribution < 1.29 is 0 Å². The third kappa shape index (κ3) is 3.55. The van der Waals surface area contributed by atoms with Crippen molar-refractivity contribution in [3.05, 3.63) is 65.0 Å². The lowest BCUT2D eigenvalue weighted by atomic mass is 10.1. The van der Waals surface area contributed by atoms with Gasteiger partial charge in [-0.15, -0.1) is 0 Å². The topological polar surface area (TPSA) is 75.9 Å². The second-order valence-electron chi connectivity index (χ2n) is 6.28. The number of nitrogen functional groups attached to an aromatic ring is 1. The Balaban J connectivity index is 1.89.